The Kier molecular flexibility index (Phi) is 3.57. The predicted octanol–water partition coefficient (Wildman–Crippen LogP) is 3.48. The zero-order valence-corrected chi connectivity index (χ0v) is 14.3. The van der Waals surface area contributed by atoms with Gasteiger partial charge in [0, 0.05) is 23.3 Å². The van der Waals surface area contributed by atoms with Crippen LogP contribution in [0.1, 0.15) is 13.8 Å². The molecule has 0 saturated carbocycles. The molecule has 4 aromatic rings. The summed E-state index contributed by atoms with van der Waals surface area (Å²) in [6.45, 7) is 3.12. The summed E-state index contributed by atoms with van der Waals surface area (Å²) in [4.78, 5) is 15.9. The van der Waals surface area contributed by atoms with Gasteiger partial charge in [0.05, 0.1) is 18.4 Å². The predicted molar refractivity (Wildman–Crippen MR) is 94.6 cm³/mol. The van der Waals surface area contributed by atoms with Crippen LogP contribution in [0.25, 0.3) is 27.9 Å². The van der Waals surface area contributed by atoms with Crippen molar-refractivity contribution in [2.45, 2.75) is 19.5 Å². The molecule has 128 valence electrons. The second-order valence-electron chi connectivity index (χ2n) is 6.30. The normalized spacial score (nSPS) is 12.2. The van der Waals surface area contributed by atoms with E-state index in [9.17, 15) is 4.39 Å². The quantitative estimate of drug-likeness (QED) is 0.582. The summed E-state index contributed by atoms with van der Waals surface area (Å²) in [6.07, 6.45) is 5.04. The Morgan fingerprint density at radius 2 is 2.12 bits per heavy atom. The summed E-state index contributed by atoms with van der Waals surface area (Å²) in [6, 6.07) is 3.70. The van der Waals surface area contributed by atoms with E-state index < -0.39 is 5.67 Å². The van der Waals surface area contributed by atoms with E-state index in [1.54, 1.807) is 23.1 Å². The summed E-state index contributed by atoms with van der Waals surface area (Å²) in [7, 11) is 0. The van der Waals surface area contributed by atoms with Gasteiger partial charge in [0.15, 0.2) is 10.8 Å². The highest BCUT2D eigenvalue weighted by Gasteiger charge is 2.16. The topological polar surface area (TPSA) is 83.8 Å². The molecule has 0 fully saturated rings. The fourth-order valence-electron chi connectivity index (χ4n) is 2.48. The van der Waals surface area contributed by atoms with Gasteiger partial charge in [0.2, 0.25) is 5.95 Å². The Bertz CT molecular complexity index is 1060. The fraction of sp³-hybridized carbons (Fsp3) is 0.250. The molecular formula is C16H15ClFN7. The molecule has 0 spiro atoms. The van der Waals surface area contributed by atoms with Crippen molar-refractivity contribution in [1.29, 1.82) is 0 Å². The minimum atomic E-state index is -1.34. The van der Waals surface area contributed by atoms with Crippen molar-refractivity contribution in [2.75, 3.05) is 11.9 Å². The lowest BCUT2D eigenvalue weighted by Crippen LogP contribution is -2.25. The van der Waals surface area contributed by atoms with Gasteiger partial charge in [-0.2, -0.15) is 10.1 Å². The van der Waals surface area contributed by atoms with E-state index in [0.29, 0.717) is 28.1 Å². The third kappa shape index (κ3) is 3.00. The van der Waals surface area contributed by atoms with Crippen molar-refractivity contribution in [1.82, 2.24) is 29.5 Å². The Morgan fingerprint density at radius 3 is 2.92 bits per heavy atom. The van der Waals surface area contributed by atoms with Crippen molar-refractivity contribution in [3.63, 3.8) is 0 Å². The van der Waals surface area contributed by atoms with Crippen LogP contribution in [0.5, 0.6) is 0 Å². The maximum atomic E-state index is 13.6. The summed E-state index contributed by atoms with van der Waals surface area (Å²) in [5.74, 6) is 0.368. The Balaban J connectivity index is 1.71. The molecule has 0 unspecified atom stereocenters. The molecule has 4 heterocycles. The van der Waals surface area contributed by atoms with Crippen molar-refractivity contribution in [3.8, 4) is 11.3 Å². The van der Waals surface area contributed by atoms with Crippen LogP contribution >= 0.6 is 11.6 Å². The van der Waals surface area contributed by atoms with Gasteiger partial charge < -0.3 is 10.3 Å². The maximum absolute atomic E-state index is 13.6. The number of aromatic amines is 1. The van der Waals surface area contributed by atoms with Crippen LogP contribution in [0, 0.1) is 0 Å². The van der Waals surface area contributed by atoms with Gasteiger partial charge in [-0.3, -0.25) is 0 Å². The Labute approximate surface area is 147 Å². The molecule has 0 aliphatic heterocycles. The van der Waals surface area contributed by atoms with Crippen LogP contribution in [-0.4, -0.2) is 41.8 Å². The zero-order valence-electron chi connectivity index (χ0n) is 13.6. The van der Waals surface area contributed by atoms with Crippen molar-refractivity contribution < 1.29 is 4.39 Å². The molecule has 0 amide bonds. The number of hydrogen-bond donors (Lipinski definition) is 2. The molecule has 0 bridgehead atoms. The number of rotatable bonds is 4. The number of anilines is 1. The van der Waals surface area contributed by atoms with Crippen LogP contribution < -0.4 is 5.32 Å². The molecule has 2 N–H and O–H groups in total. The number of nitrogens with zero attached hydrogens (tertiary/aromatic N) is 5. The van der Waals surface area contributed by atoms with Gasteiger partial charge in [-0.25, -0.2) is 18.9 Å². The highest BCUT2D eigenvalue weighted by molar-refractivity contribution is 6.29. The summed E-state index contributed by atoms with van der Waals surface area (Å²) in [5, 5.41) is 8.64. The van der Waals surface area contributed by atoms with Gasteiger partial charge >= 0.3 is 0 Å². The number of hydrogen-bond acceptors (Lipinski definition) is 5. The average Bonchev–Trinajstić information content (AvgIpc) is 3.15. The van der Waals surface area contributed by atoms with Crippen LogP contribution in [0.4, 0.5) is 10.3 Å². The highest BCUT2D eigenvalue weighted by atomic mass is 35.5. The number of nitrogens with one attached hydrogen (secondary N) is 2. The maximum Gasteiger partial charge on any atom is 0.224 e. The zero-order chi connectivity index (χ0) is 17.6. The molecule has 0 aliphatic carbocycles. The first-order valence-corrected chi connectivity index (χ1v) is 8.06. The smallest absolute Gasteiger partial charge is 0.224 e. The number of H-pyrrole nitrogens is 1. The molecule has 4 aromatic heterocycles. The van der Waals surface area contributed by atoms with E-state index in [1.807, 2.05) is 12.1 Å². The second kappa shape index (κ2) is 5.66. The third-order valence-electron chi connectivity index (χ3n) is 3.70. The Hall–Kier alpha value is -2.74. The molecule has 0 atom stereocenters. The van der Waals surface area contributed by atoms with Crippen LogP contribution in [0.2, 0.25) is 5.15 Å². The summed E-state index contributed by atoms with van der Waals surface area (Å²) in [5.41, 5.74) is 1.53. The van der Waals surface area contributed by atoms with Crippen molar-refractivity contribution in [3.05, 3.63) is 35.9 Å². The average molecular weight is 360 g/mol. The first-order chi connectivity index (χ1) is 11.9. The van der Waals surface area contributed by atoms with Crippen LogP contribution in [-0.2, 0) is 0 Å². The molecule has 0 aromatic carbocycles. The van der Waals surface area contributed by atoms with E-state index in [0.717, 1.165) is 10.9 Å². The number of halogens is 2. The number of alkyl halides is 1. The second-order valence-corrected chi connectivity index (χ2v) is 6.69. The minimum Gasteiger partial charge on any atom is -0.351 e. The third-order valence-corrected chi connectivity index (χ3v) is 3.95. The molecule has 4 rings (SSSR count). The summed E-state index contributed by atoms with van der Waals surface area (Å²) >= 11 is 6.08. The van der Waals surface area contributed by atoms with Gasteiger partial charge in [-0.15, -0.1) is 0 Å². The fourth-order valence-corrected chi connectivity index (χ4v) is 2.66. The molecular weight excluding hydrogens is 345 g/mol. The van der Waals surface area contributed by atoms with Gasteiger partial charge in [0.25, 0.3) is 0 Å². The number of fused-ring (bicyclic) bond motifs is 2. The van der Waals surface area contributed by atoms with Gasteiger partial charge in [-0.05, 0) is 26.0 Å². The van der Waals surface area contributed by atoms with Crippen molar-refractivity contribution >= 4 is 34.2 Å². The van der Waals surface area contributed by atoms with Crippen LogP contribution in [0.15, 0.2) is 30.7 Å². The van der Waals surface area contributed by atoms with E-state index in [2.05, 4.69) is 30.4 Å². The highest BCUT2D eigenvalue weighted by Crippen LogP contribution is 2.27. The van der Waals surface area contributed by atoms with Gasteiger partial charge in [0.1, 0.15) is 11.3 Å². The lowest BCUT2D eigenvalue weighted by Gasteiger charge is -2.14. The van der Waals surface area contributed by atoms with Crippen molar-refractivity contribution in [2.24, 2.45) is 0 Å². The molecule has 7 nitrogen and oxygen atoms in total. The largest absolute Gasteiger partial charge is 0.351 e. The van der Waals surface area contributed by atoms with Gasteiger partial charge in [-0.1, -0.05) is 11.6 Å². The lowest BCUT2D eigenvalue weighted by molar-refractivity contribution is 0.234. The minimum absolute atomic E-state index is 0.128. The van der Waals surface area contributed by atoms with E-state index in [-0.39, 0.29) is 6.54 Å². The SMILES string of the molecule is CC(C)(F)CNc1ncc2c(-c3ccc4ncc(Cl)n4n3)c[nH]c2n1. The van der Waals surface area contributed by atoms with E-state index in [1.165, 1.54) is 13.8 Å². The molecule has 25 heavy (non-hydrogen) atoms. The summed E-state index contributed by atoms with van der Waals surface area (Å²) < 4.78 is 15.2. The number of aromatic nitrogens is 6. The standard InChI is InChI=1S/C16H15ClFN7/c1-16(2,18)8-22-15-21-6-10-9(5-20-14(10)23-15)11-3-4-13-19-7-12(17)25(13)24-11/h3-7H,8H2,1-2H3,(H2,20,21,22,23). The monoisotopic (exact) mass is 359 g/mol. The first-order valence-electron chi connectivity index (χ1n) is 7.68. The van der Waals surface area contributed by atoms with E-state index in [4.69, 9.17) is 11.6 Å². The molecule has 0 radical (unpaired) electrons. The lowest BCUT2D eigenvalue weighted by atomic mass is 10.2. The van der Waals surface area contributed by atoms with E-state index >= 15 is 0 Å². The molecule has 9 heteroatoms. The Morgan fingerprint density at radius 1 is 1.28 bits per heavy atom. The molecule has 0 saturated heterocycles. The number of imidazole rings is 1. The first kappa shape index (κ1) is 15.8. The van der Waals surface area contributed by atoms with Crippen LogP contribution in [0.3, 0.4) is 0 Å². The molecule has 0 aliphatic rings.